The number of aliphatic hydroxyl groups is 1. The van der Waals surface area contributed by atoms with Crippen molar-refractivity contribution < 1.29 is 57.8 Å². The lowest BCUT2D eigenvalue weighted by Crippen LogP contribution is -2.61. The first kappa shape index (κ1) is 60.9. The normalized spacial score (nSPS) is 23.5. The molecule has 29 heteroatoms. The van der Waals surface area contributed by atoms with Gasteiger partial charge in [-0.2, -0.15) is 0 Å². The maximum Gasteiger partial charge on any atom is 0.246 e. The Morgan fingerprint density at radius 3 is 2.05 bits per heavy atom. The smallest absolute Gasteiger partial charge is 0.246 e. The number of guanidine groups is 1. The maximum absolute atomic E-state index is 14.6. The summed E-state index contributed by atoms with van der Waals surface area (Å²) in [4.78, 5) is 154. The van der Waals surface area contributed by atoms with Gasteiger partial charge in [-0.1, -0.05) is 64.1 Å². The SMILES string of the molecule is NC(=O)CC[C@@H]1NC(=O)[C@H](Cc2ccccc2)NC(=O)[C@H](CC2=CCC=C(O)C=C2)NC(=O)[C@@H](N)CSSC[C@@H](C(=O)N2CCC[C@H]2C(=O)N[C@@H](CCCN=C(N)N)C(=O)NCC(N)=O)NC(=O)[C@H](CC(N)=O)NC1=O. The summed E-state index contributed by atoms with van der Waals surface area (Å²) in [5, 5.41) is 27.9. The minimum absolute atomic E-state index is 0.00117. The molecule has 0 radical (unpaired) electrons. The van der Waals surface area contributed by atoms with Gasteiger partial charge in [0, 0.05) is 43.9 Å². The van der Waals surface area contributed by atoms with Crippen molar-refractivity contribution in [1.82, 2.24) is 42.1 Å². The zero-order valence-electron chi connectivity index (χ0n) is 41.5. The highest BCUT2D eigenvalue weighted by atomic mass is 33.1. The fourth-order valence-electron chi connectivity index (χ4n) is 7.98. The summed E-state index contributed by atoms with van der Waals surface area (Å²) in [6.07, 6.45) is 5.14. The molecule has 0 saturated carbocycles. The molecule has 414 valence electrons. The third-order valence-electron chi connectivity index (χ3n) is 11.9. The lowest BCUT2D eigenvalue weighted by Gasteiger charge is -2.31. The maximum atomic E-state index is 14.6. The molecule has 27 nitrogen and oxygen atoms in total. The number of carbonyl (C=O) groups excluding carboxylic acids is 11. The van der Waals surface area contributed by atoms with Gasteiger partial charge in [-0.25, -0.2) is 0 Å². The van der Waals surface area contributed by atoms with Crippen LogP contribution in [0, 0.1) is 0 Å². The number of nitrogens with two attached hydrogens (primary N) is 6. The van der Waals surface area contributed by atoms with Gasteiger partial charge in [0.05, 0.1) is 19.0 Å². The van der Waals surface area contributed by atoms with Crippen LogP contribution in [0.2, 0.25) is 0 Å². The average molecular weight is 1100 g/mol. The van der Waals surface area contributed by atoms with E-state index in [2.05, 4.69) is 42.2 Å². The van der Waals surface area contributed by atoms with E-state index in [1.54, 1.807) is 42.5 Å². The van der Waals surface area contributed by atoms with E-state index >= 15 is 0 Å². The van der Waals surface area contributed by atoms with Crippen LogP contribution in [0.3, 0.4) is 0 Å². The van der Waals surface area contributed by atoms with Crippen molar-refractivity contribution in [2.75, 3.05) is 31.1 Å². The number of carbonyl (C=O) groups is 11. The molecule has 0 unspecified atom stereocenters. The van der Waals surface area contributed by atoms with Gasteiger partial charge in [0.1, 0.15) is 48.1 Å². The van der Waals surface area contributed by atoms with Crippen LogP contribution in [0.15, 0.2) is 71.0 Å². The molecule has 8 atom stereocenters. The Kier molecular flexibility index (Phi) is 24.6. The number of hydrogen-bond donors (Lipinski definition) is 14. The first-order valence-corrected chi connectivity index (χ1v) is 26.7. The van der Waals surface area contributed by atoms with E-state index in [-0.39, 0.29) is 74.8 Å². The van der Waals surface area contributed by atoms with Crippen LogP contribution in [0.25, 0.3) is 0 Å². The van der Waals surface area contributed by atoms with Crippen molar-refractivity contribution in [2.24, 2.45) is 39.4 Å². The molecule has 2 saturated heterocycles. The first-order valence-electron chi connectivity index (χ1n) is 24.2. The Labute approximate surface area is 445 Å². The van der Waals surface area contributed by atoms with Crippen LogP contribution in [-0.2, 0) is 59.2 Å². The number of aliphatic imine (C=N–C) groups is 1. The monoisotopic (exact) mass is 1100 g/mol. The number of allylic oxidation sites excluding steroid dienone is 4. The number of nitrogens with zero attached hydrogens (tertiary/aromatic N) is 2. The van der Waals surface area contributed by atoms with E-state index in [1.165, 1.54) is 17.1 Å². The quantitative estimate of drug-likeness (QED) is 0.0268. The fourth-order valence-corrected chi connectivity index (χ4v) is 10.3. The Hall–Kier alpha value is -7.66. The summed E-state index contributed by atoms with van der Waals surface area (Å²) < 4.78 is 0. The number of primary amides is 3. The predicted octanol–water partition coefficient (Wildman–Crippen LogP) is -4.63. The van der Waals surface area contributed by atoms with Crippen molar-refractivity contribution in [2.45, 2.75) is 113 Å². The van der Waals surface area contributed by atoms with E-state index in [1.807, 2.05) is 0 Å². The van der Waals surface area contributed by atoms with Gasteiger partial charge in [0.25, 0.3) is 0 Å². The summed E-state index contributed by atoms with van der Waals surface area (Å²) in [7, 11) is 2.00. The summed E-state index contributed by atoms with van der Waals surface area (Å²) in [5.41, 5.74) is 34.5. The van der Waals surface area contributed by atoms with Crippen molar-refractivity contribution in [1.29, 1.82) is 0 Å². The number of likely N-dealkylation sites (tertiary alicyclic amines) is 1. The molecule has 11 amide bonds. The summed E-state index contributed by atoms with van der Waals surface area (Å²) in [6.45, 7) is -0.442. The van der Waals surface area contributed by atoms with E-state index in [0.717, 1.165) is 21.6 Å². The molecule has 4 rings (SSSR count). The molecule has 2 fully saturated rings. The lowest BCUT2D eigenvalue weighted by atomic mass is 10.0. The first-order chi connectivity index (χ1) is 36.1. The Morgan fingerprint density at radius 1 is 0.750 bits per heavy atom. The summed E-state index contributed by atoms with van der Waals surface area (Å²) >= 11 is 0. The second kappa shape index (κ2) is 30.6. The molecular formula is C47H67N15O12S2. The molecule has 1 aliphatic carbocycles. The molecule has 2 heterocycles. The van der Waals surface area contributed by atoms with Gasteiger partial charge in [-0.3, -0.25) is 57.7 Å². The molecule has 0 aromatic heterocycles. The summed E-state index contributed by atoms with van der Waals surface area (Å²) in [5.74, 6) is -10.5. The highest BCUT2D eigenvalue weighted by Gasteiger charge is 2.40. The van der Waals surface area contributed by atoms with Crippen molar-refractivity contribution >= 4 is 92.5 Å². The average Bonchev–Trinajstić information content (AvgIpc) is 3.77. The largest absolute Gasteiger partial charge is 0.508 e. The van der Waals surface area contributed by atoms with Crippen LogP contribution < -0.4 is 71.6 Å². The second-order valence-corrected chi connectivity index (χ2v) is 20.5. The van der Waals surface area contributed by atoms with Gasteiger partial charge in [0.2, 0.25) is 65.0 Å². The second-order valence-electron chi connectivity index (χ2n) is 17.9. The lowest BCUT2D eigenvalue weighted by molar-refractivity contribution is -0.142. The molecule has 20 N–H and O–H groups in total. The van der Waals surface area contributed by atoms with Crippen LogP contribution in [0.5, 0.6) is 0 Å². The van der Waals surface area contributed by atoms with E-state index in [4.69, 9.17) is 34.4 Å². The molecule has 0 spiro atoms. The molecule has 1 aromatic rings. The molecule has 1 aromatic carbocycles. The topological polar surface area (TPSA) is 464 Å². The predicted molar refractivity (Wildman–Crippen MR) is 281 cm³/mol. The third kappa shape index (κ3) is 20.6. The van der Waals surface area contributed by atoms with Gasteiger partial charge < -0.3 is 81.6 Å². The van der Waals surface area contributed by atoms with Gasteiger partial charge in [-0.05, 0) is 61.8 Å². The third-order valence-corrected chi connectivity index (χ3v) is 14.3. The van der Waals surface area contributed by atoms with E-state index < -0.39 is 139 Å². The number of benzene rings is 1. The number of rotatable bonds is 19. The van der Waals surface area contributed by atoms with Crippen molar-refractivity contribution in [3.05, 3.63) is 71.5 Å². The van der Waals surface area contributed by atoms with Crippen molar-refractivity contribution in [3.8, 4) is 0 Å². The Balaban J connectivity index is 1.71. The minimum Gasteiger partial charge on any atom is -0.508 e. The van der Waals surface area contributed by atoms with E-state index in [0.29, 0.717) is 17.6 Å². The molecular weight excluding hydrogens is 1030 g/mol. The number of nitrogens with one attached hydrogen (secondary N) is 7. The van der Waals surface area contributed by atoms with Crippen LogP contribution >= 0.6 is 21.6 Å². The van der Waals surface area contributed by atoms with E-state index in [9.17, 15) is 57.8 Å². The van der Waals surface area contributed by atoms with Crippen LogP contribution in [0.1, 0.15) is 63.4 Å². The fraction of sp³-hybridized carbons (Fsp3) is 0.489. The zero-order chi connectivity index (χ0) is 55.9. The molecule has 0 bridgehead atoms. The van der Waals surface area contributed by atoms with Gasteiger partial charge >= 0.3 is 0 Å². The van der Waals surface area contributed by atoms with Crippen LogP contribution in [-0.4, -0.2) is 160 Å². The number of aliphatic hydroxyl groups excluding tert-OH is 1. The van der Waals surface area contributed by atoms with Gasteiger partial charge in [-0.15, -0.1) is 0 Å². The Morgan fingerprint density at radius 2 is 1.38 bits per heavy atom. The Bertz CT molecular complexity index is 2440. The summed E-state index contributed by atoms with van der Waals surface area (Å²) in [6, 6.07) is -2.99. The highest BCUT2D eigenvalue weighted by Crippen LogP contribution is 2.26. The standard InChI is InChI=1S/C47H67N15O12S2/c48-28-23-75-76-24-34(46(74)62-18-6-12-35(62)45(73)57-29(11-5-17-54-47(52)53)40(68)55-22-38(51)66)61-44(72)33(21-37(50)65)60-41(69)30(15-16-36(49)64)56-42(70)32(19-25-7-2-1-3-8-25)59-43(71)31(58-39(28)67)20-26-9-4-10-27(63)14-13-26/h1-3,7-10,13-14,28-35,63H,4-6,11-12,15-24,48H2,(H2,49,64)(H2,50,65)(H2,51,66)(H,55,68)(H,56,70)(H,57,73)(H,58,67)(H,59,71)(H,60,69)(H,61,72)(H4,52,53,54)/t28-,29-,30-,31-,32-,33-,34-,35-/m0/s1. The molecule has 76 heavy (non-hydrogen) atoms. The van der Waals surface area contributed by atoms with Crippen LogP contribution in [0.4, 0.5) is 0 Å². The number of hydrogen-bond acceptors (Lipinski definition) is 16. The zero-order valence-corrected chi connectivity index (χ0v) is 43.2. The molecule has 2 aliphatic heterocycles. The molecule has 3 aliphatic rings. The minimum atomic E-state index is -1.80. The van der Waals surface area contributed by atoms with Crippen molar-refractivity contribution in [3.63, 3.8) is 0 Å². The van der Waals surface area contributed by atoms with Gasteiger partial charge in [0.15, 0.2) is 5.96 Å². The number of amides is 11. The highest BCUT2D eigenvalue weighted by molar-refractivity contribution is 8.76.